The molecule has 3 rings (SSSR count). The number of carbonyl (C=O) groups excluding carboxylic acids is 5. The fourth-order valence-electron chi connectivity index (χ4n) is 4.76. The first-order chi connectivity index (χ1) is 20.5. The number of rotatable bonds is 10. The second-order valence-corrected chi connectivity index (χ2v) is 12.1. The fourth-order valence-corrected chi connectivity index (χ4v) is 5.66. The zero-order chi connectivity index (χ0) is 33.0. The summed E-state index contributed by atoms with van der Waals surface area (Å²) in [5.74, 6) is -15.0. The molecule has 0 spiro atoms. The number of morpholine rings is 1. The van der Waals surface area contributed by atoms with Gasteiger partial charge in [-0.3, -0.25) is 33.6 Å². The fraction of sp³-hybridized carbons (Fsp3) is 0.607. The molecule has 244 valence electrons. The number of carbonyl (C=O) groups is 5. The predicted octanol–water partition coefficient (Wildman–Crippen LogP) is 2.93. The first-order valence-corrected chi connectivity index (χ1v) is 15.0. The number of hydrogen-bond donors (Lipinski definition) is 2. The standard InChI is InChI=1S/C28H35F5N4O6S/c1-15(2)20(35-23(39)17-5-7-18(8-6-17)24(40)36-9-11-43-12-10-36)26(42)37(25(41)19-13-34-44-14-19)21(16(3)4)22(38)27(29,30)28(31,32)33/h5-8,15-16,19-21,34H,9-14H2,1-4H3,(H,35,39)/t19?,20-,21?/m0/s1. The van der Waals surface area contributed by atoms with E-state index in [0.29, 0.717) is 31.9 Å². The Kier molecular flexibility index (Phi) is 11.5. The third-order valence-corrected chi connectivity index (χ3v) is 8.24. The Balaban J connectivity index is 1.92. The molecule has 44 heavy (non-hydrogen) atoms. The van der Waals surface area contributed by atoms with E-state index in [4.69, 9.17) is 4.74 Å². The van der Waals surface area contributed by atoms with Crippen LogP contribution in [0.3, 0.4) is 0 Å². The predicted molar refractivity (Wildman–Crippen MR) is 150 cm³/mol. The van der Waals surface area contributed by atoms with Crippen LogP contribution in [0.1, 0.15) is 48.4 Å². The molecular formula is C28H35F5N4O6S. The minimum Gasteiger partial charge on any atom is -0.378 e. The third-order valence-electron chi connectivity index (χ3n) is 7.30. The molecule has 1 aromatic rings. The molecule has 2 fully saturated rings. The highest BCUT2D eigenvalue weighted by atomic mass is 32.2. The number of ketones is 1. The molecule has 2 heterocycles. The maximum absolute atomic E-state index is 14.4. The second kappa shape index (κ2) is 14.3. The zero-order valence-corrected chi connectivity index (χ0v) is 25.4. The lowest BCUT2D eigenvalue weighted by Crippen LogP contribution is -2.63. The Morgan fingerprint density at radius 3 is 2.00 bits per heavy atom. The summed E-state index contributed by atoms with van der Waals surface area (Å²) in [7, 11) is 0. The topological polar surface area (TPSA) is 125 Å². The van der Waals surface area contributed by atoms with E-state index in [9.17, 15) is 45.9 Å². The van der Waals surface area contributed by atoms with Crippen LogP contribution in [0.15, 0.2) is 24.3 Å². The van der Waals surface area contributed by atoms with E-state index in [2.05, 4.69) is 10.0 Å². The van der Waals surface area contributed by atoms with Crippen LogP contribution in [0.4, 0.5) is 22.0 Å². The Morgan fingerprint density at radius 2 is 1.52 bits per heavy atom. The number of Topliss-reactive ketones (excluding diaryl/α,β-unsaturated/α-hetero) is 1. The highest BCUT2D eigenvalue weighted by Crippen LogP contribution is 2.39. The molecular weight excluding hydrogens is 615 g/mol. The van der Waals surface area contributed by atoms with E-state index in [1.807, 2.05) is 0 Å². The van der Waals surface area contributed by atoms with E-state index in [0.717, 1.165) is 25.8 Å². The Bertz CT molecular complexity index is 1230. The van der Waals surface area contributed by atoms with Gasteiger partial charge in [-0.05, 0) is 36.1 Å². The van der Waals surface area contributed by atoms with Gasteiger partial charge < -0.3 is 15.0 Å². The van der Waals surface area contributed by atoms with E-state index >= 15 is 0 Å². The summed E-state index contributed by atoms with van der Waals surface area (Å²) in [5.41, 5.74) is 0.306. The molecule has 3 atom stereocenters. The van der Waals surface area contributed by atoms with Crippen LogP contribution in [0, 0.1) is 17.8 Å². The van der Waals surface area contributed by atoms with Gasteiger partial charge in [-0.25, -0.2) is 0 Å². The summed E-state index contributed by atoms with van der Waals surface area (Å²) in [4.78, 5) is 67.9. The number of nitrogens with zero attached hydrogens (tertiary/aromatic N) is 2. The maximum atomic E-state index is 14.4. The lowest BCUT2D eigenvalue weighted by atomic mass is 9.90. The highest BCUT2D eigenvalue weighted by Gasteiger charge is 2.66. The van der Waals surface area contributed by atoms with Gasteiger partial charge in [-0.1, -0.05) is 39.6 Å². The molecule has 4 amide bonds. The number of hydrogen-bond acceptors (Lipinski definition) is 8. The van der Waals surface area contributed by atoms with Gasteiger partial charge in [0.25, 0.3) is 17.7 Å². The largest absolute Gasteiger partial charge is 0.461 e. The normalized spacial score (nSPS) is 19.1. The van der Waals surface area contributed by atoms with E-state index in [1.165, 1.54) is 38.1 Å². The van der Waals surface area contributed by atoms with Crippen LogP contribution in [-0.4, -0.2) is 102 Å². The van der Waals surface area contributed by atoms with Crippen molar-refractivity contribution < 1.29 is 50.7 Å². The molecule has 2 N–H and O–H groups in total. The summed E-state index contributed by atoms with van der Waals surface area (Å²) in [5, 5.41) is 2.44. The molecule has 2 unspecified atom stereocenters. The highest BCUT2D eigenvalue weighted by molar-refractivity contribution is 7.97. The van der Waals surface area contributed by atoms with Crippen LogP contribution in [-0.2, 0) is 19.1 Å². The van der Waals surface area contributed by atoms with E-state index in [1.54, 1.807) is 4.90 Å². The zero-order valence-electron chi connectivity index (χ0n) is 24.6. The van der Waals surface area contributed by atoms with Gasteiger partial charge in [-0.2, -0.15) is 22.0 Å². The number of imide groups is 1. The summed E-state index contributed by atoms with van der Waals surface area (Å²) in [6, 6.07) is 1.43. The summed E-state index contributed by atoms with van der Waals surface area (Å²) in [6.07, 6.45) is -6.26. The van der Waals surface area contributed by atoms with Crippen LogP contribution < -0.4 is 10.0 Å². The number of alkyl halides is 5. The molecule has 10 nitrogen and oxygen atoms in total. The number of benzene rings is 1. The smallest absolute Gasteiger partial charge is 0.378 e. The van der Waals surface area contributed by atoms with Crippen molar-refractivity contribution in [3.63, 3.8) is 0 Å². The summed E-state index contributed by atoms with van der Waals surface area (Å²) >= 11 is 1.09. The SMILES string of the molecule is CC(C)C(C(=O)C(F)(F)C(F)(F)F)N(C(=O)C1CNSC1)C(=O)[C@@H](NC(=O)c1ccc(C(=O)N2CCOCC2)cc1)C(C)C. The Labute approximate surface area is 255 Å². The van der Waals surface area contributed by atoms with Gasteiger partial charge in [0.15, 0.2) is 0 Å². The van der Waals surface area contributed by atoms with Crippen LogP contribution in [0.2, 0.25) is 0 Å². The van der Waals surface area contributed by atoms with Gasteiger partial charge in [0.2, 0.25) is 11.7 Å². The maximum Gasteiger partial charge on any atom is 0.461 e. The van der Waals surface area contributed by atoms with Crippen molar-refractivity contribution in [1.82, 2.24) is 19.8 Å². The second-order valence-electron chi connectivity index (χ2n) is 11.2. The van der Waals surface area contributed by atoms with Gasteiger partial charge in [0.05, 0.1) is 19.1 Å². The van der Waals surface area contributed by atoms with Crippen molar-refractivity contribution >= 4 is 41.4 Å². The summed E-state index contributed by atoms with van der Waals surface area (Å²) < 4.78 is 76.5. The Morgan fingerprint density at radius 1 is 0.955 bits per heavy atom. The van der Waals surface area contributed by atoms with Gasteiger partial charge in [0.1, 0.15) is 12.1 Å². The Hall–Kier alpha value is -3.11. The first-order valence-electron chi connectivity index (χ1n) is 14.0. The number of halogens is 5. The number of amides is 4. The average Bonchev–Trinajstić information content (AvgIpc) is 3.52. The molecule has 0 bridgehead atoms. The van der Waals surface area contributed by atoms with Crippen molar-refractivity contribution in [2.75, 3.05) is 38.6 Å². The number of ether oxygens (including phenoxy) is 1. The molecule has 16 heteroatoms. The third kappa shape index (κ3) is 7.75. The van der Waals surface area contributed by atoms with Crippen molar-refractivity contribution in [2.45, 2.75) is 51.9 Å². The molecule has 0 saturated carbocycles. The number of nitrogens with one attached hydrogen (secondary N) is 2. The molecule has 0 radical (unpaired) electrons. The van der Waals surface area contributed by atoms with E-state index in [-0.39, 0.29) is 28.7 Å². The molecule has 0 aliphatic carbocycles. The van der Waals surface area contributed by atoms with Gasteiger partial charge in [0, 0.05) is 36.5 Å². The molecule has 1 aromatic carbocycles. The van der Waals surface area contributed by atoms with Crippen molar-refractivity contribution in [3.05, 3.63) is 35.4 Å². The van der Waals surface area contributed by atoms with Crippen LogP contribution in [0.25, 0.3) is 0 Å². The van der Waals surface area contributed by atoms with Crippen molar-refractivity contribution in [1.29, 1.82) is 0 Å². The monoisotopic (exact) mass is 650 g/mol. The van der Waals surface area contributed by atoms with Crippen LogP contribution >= 0.6 is 11.9 Å². The van der Waals surface area contributed by atoms with Crippen molar-refractivity contribution in [3.8, 4) is 0 Å². The van der Waals surface area contributed by atoms with Gasteiger partial charge >= 0.3 is 12.1 Å². The minimum absolute atomic E-state index is 0.0105. The molecule has 0 aromatic heterocycles. The molecule has 2 saturated heterocycles. The lowest BCUT2D eigenvalue weighted by molar-refractivity contribution is -0.271. The summed E-state index contributed by atoms with van der Waals surface area (Å²) in [6.45, 7) is 6.80. The minimum atomic E-state index is -6.26. The molecule has 2 aliphatic heterocycles. The van der Waals surface area contributed by atoms with Crippen molar-refractivity contribution in [2.24, 2.45) is 17.8 Å². The quantitative estimate of drug-likeness (QED) is 0.293. The first kappa shape index (κ1) is 35.4. The lowest BCUT2D eigenvalue weighted by Gasteiger charge is -2.38. The average molecular weight is 651 g/mol. The van der Waals surface area contributed by atoms with Crippen LogP contribution in [0.5, 0.6) is 0 Å². The molecule has 2 aliphatic rings. The van der Waals surface area contributed by atoms with E-state index < -0.39 is 65.4 Å². The van der Waals surface area contributed by atoms with Gasteiger partial charge in [-0.15, -0.1) is 0 Å².